The van der Waals surface area contributed by atoms with Gasteiger partial charge in [-0.25, -0.2) is 0 Å². The van der Waals surface area contributed by atoms with Crippen LogP contribution in [0, 0.1) is 0 Å². The molecule has 1 atom stereocenters. The van der Waals surface area contributed by atoms with E-state index in [2.05, 4.69) is 13.8 Å². The van der Waals surface area contributed by atoms with Crippen molar-refractivity contribution in [2.24, 2.45) is 0 Å². The van der Waals surface area contributed by atoms with E-state index < -0.39 is 0 Å². The van der Waals surface area contributed by atoms with E-state index in [4.69, 9.17) is 9.84 Å². The van der Waals surface area contributed by atoms with Crippen molar-refractivity contribution in [3.05, 3.63) is 29.8 Å². The fourth-order valence-electron chi connectivity index (χ4n) is 1.43. The van der Waals surface area contributed by atoms with Gasteiger partial charge in [-0.15, -0.1) is 0 Å². The third kappa shape index (κ3) is 3.04. The van der Waals surface area contributed by atoms with Gasteiger partial charge in [-0.3, -0.25) is 0 Å². The van der Waals surface area contributed by atoms with E-state index in [1.165, 1.54) is 0 Å². The van der Waals surface area contributed by atoms with E-state index >= 15 is 0 Å². The molecular weight excluding hydrogens is 176 g/mol. The molecule has 0 aliphatic heterocycles. The average molecular weight is 194 g/mol. The second-order valence-corrected chi connectivity index (χ2v) is 3.48. The molecule has 14 heavy (non-hydrogen) atoms. The van der Waals surface area contributed by atoms with Gasteiger partial charge in [0.25, 0.3) is 0 Å². The summed E-state index contributed by atoms with van der Waals surface area (Å²) in [7, 11) is 0. The maximum Gasteiger partial charge on any atom is 0.125 e. The minimum absolute atomic E-state index is 0.0367. The molecule has 2 heteroatoms. The molecule has 0 spiro atoms. The summed E-state index contributed by atoms with van der Waals surface area (Å²) in [6, 6.07) is 7.61. The highest BCUT2D eigenvalue weighted by Gasteiger charge is 2.05. The number of hydrogen-bond donors (Lipinski definition) is 1. The van der Waals surface area contributed by atoms with Crippen molar-refractivity contribution in [2.45, 2.75) is 39.4 Å². The quantitative estimate of drug-likeness (QED) is 0.781. The molecule has 0 heterocycles. The summed E-state index contributed by atoms with van der Waals surface area (Å²) in [6.07, 6.45) is 2.37. The van der Waals surface area contributed by atoms with Gasteiger partial charge in [0.2, 0.25) is 0 Å². The van der Waals surface area contributed by atoms with Crippen molar-refractivity contribution in [1.29, 1.82) is 0 Å². The Morgan fingerprint density at radius 1 is 1.36 bits per heavy atom. The van der Waals surface area contributed by atoms with E-state index in [1.807, 2.05) is 24.3 Å². The molecule has 0 aliphatic carbocycles. The van der Waals surface area contributed by atoms with Crippen LogP contribution in [0.25, 0.3) is 0 Å². The topological polar surface area (TPSA) is 29.5 Å². The molecule has 0 amide bonds. The Balaban J connectivity index is 2.65. The normalized spacial score (nSPS) is 12.5. The Morgan fingerprint density at radius 3 is 2.71 bits per heavy atom. The number of ether oxygens (including phenoxy) is 1. The SMILES string of the molecule is CCCC(C)Oc1ccccc1CO. The second-order valence-electron chi connectivity index (χ2n) is 3.48. The number of rotatable bonds is 5. The van der Waals surface area contributed by atoms with Crippen molar-refractivity contribution in [1.82, 2.24) is 0 Å². The highest BCUT2D eigenvalue weighted by Crippen LogP contribution is 2.20. The van der Waals surface area contributed by atoms with Crippen LogP contribution in [-0.2, 0) is 6.61 Å². The predicted molar refractivity (Wildman–Crippen MR) is 57.4 cm³/mol. The first-order chi connectivity index (χ1) is 6.77. The van der Waals surface area contributed by atoms with Crippen LogP contribution in [0.5, 0.6) is 5.75 Å². The third-order valence-corrected chi connectivity index (χ3v) is 2.17. The Hall–Kier alpha value is -1.02. The Morgan fingerprint density at radius 2 is 2.07 bits per heavy atom. The van der Waals surface area contributed by atoms with Crippen LogP contribution in [0.4, 0.5) is 0 Å². The first-order valence-electron chi connectivity index (χ1n) is 5.13. The van der Waals surface area contributed by atoms with Crippen molar-refractivity contribution in [2.75, 3.05) is 0 Å². The van der Waals surface area contributed by atoms with E-state index in [-0.39, 0.29) is 12.7 Å². The molecule has 0 bridgehead atoms. The summed E-state index contributed by atoms with van der Waals surface area (Å²) < 4.78 is 5.72. The van der Waals surface area contributed by atoms with Gasteiger partial charge in [0.15, 0.2) is 0 Å². The number of hydrogen-bond acceptors (Lipinski definition) is 2. The summed E-state index contributed by atoms with van der Waals surface area (Å²) in [6.45, 7) is 4.23. The molecule has 1 aromatic rings. The molecule has 1 N–H and O–H groups in total. The summed E-state index contributed by atoms with van der Waals surface area (Å²) in [5, 5.41) is 9.08. The first-order valence-corrected chi connectivity index (χ1v) is 5.13. The van der Waals surface area contributed by atoms with E-state index in [1.54, 1.807) is 0 Å². The number of para-hydroxylation sites is 1. The van der Waals surface area contributed by atoms with Gasteiger partial charge in [0.05, 0.1) is 12.7 Å². The molecule has 1 rings (SSSR count). The lowest BCUT2D eigenvalue weighted by atomic mass is 10.2. The minimum atomic E-state index is 0.0367. The van der Waals surface area contributed by atoms with Gasteiger partial charge in [0.1, 0.15) is 5.75 Å². The largest absolute Gasteiger partial charge is 0.490 e. The monoisotopic (exact) mass is 194 g/mol. The zero-order valence-corrected chi connectivity index (χ0v) is 8.86. The summed E-state index contributed by atoms with van der Waals surface area (Å²) in [4.78, 5) is 0. The summed E-state index contributed by atoms with van der Waals surface area (Å²) in [5.74, 6) is 0.802. The van der Waals surface area contributed by atoms with Crippen molar-refractivity contribution >= 4 is 0 Å². The molecule has 0 saturated carbocycles. The highest BCUT2D eigenvalue weighted by molar-refractivity contribution is 5.32. The molecule has 1 aromatic carbocycles. The van der Waals surface area contributed by atoms with E-state index in [0.29, 0.717) is 0 Å². The molecule has 2 nitrogen and oxygen atoms in total. The third-order valence-electron chi connectivity index (χ3n) is 2.17. The smallest absolute Gasteiger partial charge is 0.125 e. The Labute approximate surface area is 85.5 Å². The number of benzene rings is 1. The minimum Gasteiger partial charge on any atom is -0.490 e. The lowest BCUT2D eigenvalue weighted by Crippen LogP contribution is -2.12. The molecule has 0 fully saturated rings. The van der Waals surface area contributed by atoms with Gasteiger partial charge in [-0.2, -0.15) is 0 Å². The summed E-state index contributed by atoms with van der Waals surface area (Å²) in [5.41, 5.74) is 0.857. The molecular formula is C12H18O2. The first kappa shape index (κ1) is 11.1. The summed E-state index contributed by atoms with van der Waals surface area (Å²) >= 11 is 0. The van der Waals surface area contributed by atoms with E-state index in [9.17, 15) is 0 Å². The number of aliphatic hydroxyl groups is 1. The van der Waals surface area contributed by atoms with Crippen LogP contribution in [0.15, 0.2) is 24.3 Å². The maximum absolute atomic E-state index is 9.08. The lowest BCUT2D eigenvalue weighted by molar-refractivity contribution is 0.199. The van der Waals surface area contributed by atoms with Gasteiger partial charge in [0, 0.05) is 5.56 Å². The standard InChI is InChI=1S/C12H18O2/c1-3-6-10(2)14-12-8-5-4-7-11(12)9-13/h4-5,7-8,10,13H,3,6,9H2,1-2H3. The van der Waals surface area contributed by atoms with Crippen LogP contribution in [0.2, 0.25) is 0 Å². The van der Waals surface area contributed by atoms with Gasteiger partial charge in [-0.05, 0) is 19.4 Å². The second kappa shape index (κ2) is 5.66. The van der Waals surface area contributed by atoms with Crippen LogP contribution in [0.1, 0.15) is 32.3 Å². The Kier molecular flexibility index (Phi) is 4.47. The van der Waals surface area contributed by atoms with Gasteiger partial charge < -0.3 is 9.84 Å². The Bertz CT molecular complexity index is 271. The maximum atomic E-state index is 9.08. The van der Waals surface area contributed by atoms with Gasteiger partial charge in [-0.1, -0.05) is 31.5 Å². The molecule has 78 valence electrons. The molecule has 1 unspecified atom stereocenters. The fraction of sp³-hybridized carbons (Fsp3) is 0.500. The average Bonchev–Trinajstić information content (AvgIpc) is 2.19. The van der Waals surface area contributed by atoms with Crippen molar-refractivity contribution in [3.63, 3.8) is 0 Å². The zero-order valence-electron chi connectivity index (χ0n) is 8.86. The van der Waals surface area contributed by atoms with Crippen LogP contribution >= 0.6 is 0 Å². The van der Waals surface area contributed by atoms with Crippen molar-refractivity contribution in [3.8, 4) is 5.75 Å². The van der Waals surface area contributed by atoms with Crippen molar-refractivity contribution < 1.29 is 9.84 Å². The molecule has 0 radical (unpaired) electrons. The van der Waals surface area contributed by atoms with Crippen LogP contribution in [-0.4, -0.2) is 11.2 Å². The molecule has 0 saturated heterocycles. The molecule has 0 aromatic heterocycles. The zero-order chi connectivity index (χ0) is 10.4. The van der Waals surface area contributed by atoms with Crippen LogP contribution < -0.4 is 4.74 Å². The van der Waals surface area contributed by atoms with Crippen LogP contribution in [0.3, 0.4) is 0 Å². The fourth-order valence-corrected chi connectivity index (χ4v) is 1.43. The van der Waals surface area contributed by atoms with E-state index in [0.717, 1.165) is 24.2 Å². The predicted octanol–water partition coefficient (Wildman–Crippen LogP) is 2.75. The number of aliphatic hydroxyl groups excluding tert-OH is 1. The highest BCUT2D eigenvalue weighted by atomic mass is 16.5. The molecule has 0 aliphatic rings. The van der Waals surface area contributed by atoms with Gasteiger partial charge >= 0.3 is 0 Å². The lowest BCUT2D eigenvalue weighted by Gasteiger charge is -2.15.